The third-order valence-corrected chi connectivity index (χ3v) is 4.79. The van der Waals surface area contributed by atoms with Crippen molar-refractivity contribution in [2.75, 3.05) is 5.32 Å². The molecule has 2 rings (SSSR count). The van der Waals surface area contributed by atoms with Crippen LogP contribution in [0.5, 0.6) is 11.5 Å². The molecule has 140 valence electrons. The topological polar surface area (TPSA) is 69.6 Å². The van der Waals surface area contributed by atoms with Gasteiger partial charge in [0.25, 0.3) is 5.91 Å². The largest absolute Gasteiger partial charge is 0.507 e. The maximum atomic E-state index is 12.4. The quantitative estimate of drug-likeness (QED) is 0.540. The average molecular weight is 355 g/mol. The number of nitrogens with one attached hydrogen (secondary N) is 1. The molecule has 0 aliphatic carbocycles. The highest BCUT2D eigenvalue weighted by Crippen LogP contribution is 2.37. The van der Waals surface area contributed by atoms with E-state index in [0.29, 0.717) is 5.69 Å². The molecule has 0 aliphatic rings. The first kappa shape index (κ1) is 19.8. The van der Waals surface area contributed by atoms with Gasteiger partial charge in [0.15, 0.2) is 0 Å². The summed E-state index contributed by atoms with van der Waals surface area (Å²) >= 11 is 0. The number of hydrogen-bond acceptors (Lipinski definition) is 3. The van der Waals surface area contributed by atoms with Crippen molar-refractivity contribution in [3.8, 4) is 11.5 Å². The Balaban J connectivity index is 2.17. The fourth-order valence-electron chi connectivity index (χ4n) is 3.09. The van der Waals surface area contributed by atoms with Crippen LogP contribution >= 0.6 is 0 Å². The van der Waals surface area contributed by atoms with E-state index in [0.717, 1.165) is 18.4 Å². The Kier molecular flexibility index (Phi) is 6.67. The van der Waals surface area contributed by atoms with Crippen LogP contribution in [-0.4, -0.2) is 16.1 Å². The minimum Gasteiger partial charge on any atom is -0.507 e. The number of amides is 1. The van der Waals surface area contributed by atoms with Gasteiger partial charge in [-0.1, -0.05) is 64.7 Å². The first-order valence-corrected chi connectivity index (χ1v) is 9.28. The van der Waals surface area contributed by atoms with E-state index in [1.165, 1.54) is 19.3 Å². The predicted octanol–water partition coefficient (Wildman–Crippen LogP) is 5.60. The highest BCUT2D eigenvalue weighted by Gasteiger charge is 2.25. The maximum Gasteiger partial charge on any atom is 0.263 e. The van der Waals surface area contributed by atoms with Crippen LogP contribution in [0.2, 0.25) is 0 Å². The lowest BCUT2D eigenvalue weighted by Crippen LogP contribution is -2.18. The van der Waals surface area contributed by atoms with Crippen molar-refractivity contribution in [2.24, 2.45) is 0 Å². The van der Waals surface area contributed by atoms with E-state index < -0.39 is 5.91 Å². The molecule has 0 heterocycles. The van der Waals surface area contributed by atoms with E-state index in [1.54, 1.807) is 36.4 Å². The zero-order chi connectivity index (χ0) is 19.2. The lowest BCUT2D eigenvalue weighted by Gasteiger charge is -2.26. The van der Waals surface area contributed by atoms with E-state index in [-0.39, 0.29) is 22.5 Å². The summed E-state index contributed by atoms with van der Waals surface area (Å²) in [6, 6.07) is 12.2. The number of hydrogen-bond donors (Lipinski definition) is 3. The van der Waals surface area contributed by atoms with Gasteiger partial charge in [0.2, 0.25) is 0 Å². The molecule has 0 radical (unpaired) electrons. The van der Waals surface area contributed by atoms with Gasteiger partial charge in [-0.05, 0) is 41.7 Å². The number of carbonyl (C=O) groups is 1. The van der Waals surface area contributed by atoms with Crippen molar-refractivity contribution in [3.05, 3.63) is 53.6 Å². The highest BCUT2D eigenvalue weighted by molar-refractivity contribution is 6.08. The Bertz CT molecular complexity index is 715. The number of carbonyl (C=O) groups excluding carboxylic acids is 1. The number of para-hydroxylation sites is 1. The van der Waals surface area contributed by atoms with Crippen LogP contribution in [0.15, 0.2) is 42.5 Å². The van der Waals surface area contributed by atoms with Crippen LogP contribution in [0.4, 0.5) is 5.69 Å². The fraction of sp³-hybridized carbons (Fsp3) is 0.409. The molecule has 2 aromatic carbocycles. The molecule has 0 aromatic heterocycles. The van der Waals surface area contributed by atoms with Crippen molar-refractivity contribution < 1.29 is 15.0 Å². The Labute approximate surface area is 155 Å². The van der Waals surface area contributed by atoms with Crippen LogP contribution in [-0.2, 0) is 5.41 Å². The molecule has 0 unspecified atom stereocenters. The molecule has 0 saturated carbocycles. The molecule has 1 amide bonds. The first-order chi connectivity index (χ1) is 12.3. The second kappa shape index (κ2) is 8.75. The third kappa shape index (κ3) is 5.01. The van der Waals surface area contributed by atoms with Gasteiger partial charge >= 0.3 is 0 Å². The molecular weight excluding hydrogens is 326 g/mol. The van der Waals surface area contributed by atoms with E-state index in [9.17, 15) is 15.0 Å². The minimum absolute atomic E-state index is 0.0978. The van der Waals surface area contributed by atoms with Crippen LogP contribution in [0.25, 0.3) is 0 Å². The minimum atomic E-state index is -0.529. The summed E-state index contributed by atoms with van der Waals surface area (Å²) in [5.41, 5.74) is 1.16. The zero-order valence-electron chi connectivity index (χ0n) is 15.9. The summed E-state index contributed by atoms with van der Waals surface area (Å²) in [5, 5.41) is 23.4. The summed E-state index contributed by atoms with van der Waals surface area (Å²) in [7, 11) is 0. The Morgan fingerprint density at radius 3 is 2.19 bits per heavy atom. The monoisotopic (exact) mass is 355 g/mol. The van der Waals surface area contributed by atoms with Crippen LogP contribution < -0.4 is 5.32 Å². The molecule has 0 fully saturated rings. The average Bonchev–Trinajstić information content (AvgIpc) is 2.59. The van der Waals surface area contributed by atoms with Crippen molar-refractivity contribution in [3.63, 3.8) is 0 Å². The number of benzene rings is 2. The van der Waals surface area contributed by atoms with Crippen molar-refractivity contribution in [2.45, 2.75) is 58.3 Å². The number of rotatable bonds is 8. The maximum absolute atomic E-state index is 12.4. The second-order valence-electron chi connectivity index (χ2n) is 7.40. The Morgan fingerprint density at radius 1 is 1.00 bits per heavy atom. The summed E-state index contributed by atoms with van der Waals surface area (Å²) in [5.74, 6) is -0.927. The van der Waals surface area contributed by atoms with Gasteiger partial charge < -0.3 is 15.5 Å². The Morgan fingerprint density at radius 2 is 1.62 bits per heavy atom. The van der Waals surface area contributed by atoms with E-state index in [2.05, 4.69) is 26.1 Å². The summed E-state index contributed by atoms with van der Waals surface area (Å²) in [4.78, 5) is 12.4. The zero-order valence-corrected chi connectivity index (χ0v) is 15.9. The van der Waals surface area contributed by atoms with Gasteiger partial charge in [0.05, 0.1) is 0 Å². The molecule has 2 aromatic rings. The van der Waals surface area contributed by atoms with Crippen molar-refractivity contribution in [1.82, 2.24) is 0 Å². The normalized spacial score (nSPS) is 11.3. The number of unbranched alkanes of at least 4 members (excludes halogenated alkanes) is 3. The molecule has 26 heavy (non-hydrogen) atoms. The lowest BCUT2D eigenvalue weighted by atomic mass is 9.79. The molecule has 0 aliphatic heterocycles. The summed E-state index contributed by atoms with van der Waals surface area (Å²) < 4.78 is 0. The SMILES string of the molecule is CCCCCCC(C)(C)c1cc(O)c(C(=O)Nc2ccccc2)c(O)c1. The molecule has 0 saturated heterocycles. The van der Waals surface area contributed by atoms with E-state index >= 15 is 0 Å². The van der Waals surface area contributed by atoms with Gasteiger partial charge in [-0.2, -0.15) is 0 Å². The number of aromatic hydroxyl groups is 2. The predicted molar refractivity (Wildman–Crippen MR) is 106 cm³/mol. The number of phenols is 2. The van der Waals surface area contributed by atoms with Gasteiger partial charge in [0.1, 0.15) is 17.1 Å². The fourth-order valence-corrected chi connectivity index (χ4v) is 3.09. The van der Waals surface area contributed by atoms with Gasteiger partial charge in [-0.15, -0.1) is 0 Å². The molecule has 4 heteroatoms. The molecule has 4 nitrogen and oxygen atoms in total. The lowest BCUT2D eigenvalue weighted by molar-refractivity contribution is 0.102. The molecule has 0 spiro atoms. The molecular formula is C22H29NO3. The Hall–Kier alpha value is -2.49. The summed E-state index contributed by atoms with van der Waals surface area (Å²) in [6.45, 7) is 6.37. The smallest absolute Gasteiger partial charge is 0.263 e. The standard InChI is InChI=1S/C22H29NO3/c1-4-5-6-10-13-22(2,3)16-14-18(24)20(19(25)15-16)21(26)23-17-11-8-7-9-12-17/h7-9,11-12,14-15,24-25H,4-6,10,13H2,1-3H3,(H,23,26). The summed E-state index contributed by atoms with van der Waals surface area (Å²) in [6.07, 6.45) is 5.63. The molecule has 0 atom stereocenters. The van der Waals surface area contributed by atoms with Gasteiger partial charge in [-0.25, -0.2) is 0 Å². The molecule has 3 N–H and O–H groups in total. The molecule has 0 bridgehead atoms. The third-order valence-electron chi connectivity index (χ3n) is 4.79. The first-order valence-electron chi connectivity index (χ1n) is 9.28. The highest BCUT2D eigenvalue weighted by atomic mass is 16.3. The number of phenolic OH excluding ortho intramolecular Hbond substituents is 2. The van der Waals surface area contributed by atoms with E-state index in [1.807, 2.05) is 6.07 Å². The van der Waals surface area contributed by atoms with Gasteiger partial charge in [0, 0.05) is 5.69 Å². The van der Waals surface area contributed by atoms with Crippen LogP contribution in [0.1, 0.15) is 68.8 Å². The van der Waals surface area contributed by atoms with E-state index in [4.69, 9.17) is 0 Å². The number of anilines is 1. The van der Waals surface area contributed by atoms with Crippen LogP contribution in [0, 0.1) is 0 Å². The van der Waals surface area contributed by atoms with Crippen molar-refractivity contribution in [1.29, 1.82) is 0 Å². The second-order valence-corrected chi connectivity index (χ2v) is 7.40. The van der Waals surface area contributed by atoms with Crippen LogP contribution in [0.3, 0.4) is 0 Å². The van der Waals surface area contributed by atoms with Crippen molar-refractivity contribution >= 4 is 11.6 Å². The van der Waals surface area contributed by atoms with Gasteiger partial charge in [-0.3, -0.25) is 4.79 Å².